The van der Waals surface area contributed by atoms with Crippen LogP contribution in [-0.2, 0) is 4.79 Å². The highest BCUT2D eigenvalue weighted by Gasteiger charge is 2.14. The number of rotatable bonds is 9. The zero-order chi connectivity index (χ0) is 18.5. The van der Waals surface area contributed by atoms with Gasteiger partial charge in [0.15, 0.2) is 0 Å². The van der Waals surface area contributed by atoms with Gasteiger partial charge in [0.2, 0.25) is 0 Å². The fourth-order valence-electron chi connectivity index (χ4n) is 1.88. The summed E-state index contributed by atoms with van der Waals surface area (Å²) >= 11 is 0. The van der Waals surface area contributed by atoms with Gasteiger partial charge in [0.25, 0.3) is 11.6 Å². The van der Waals surface area contributed by atoms with Crippen LogP contribution in [0.3, 0.4) is 0 Å². The number of amides is 1. The SMILES string of the molecule is CCCCCCCC(=O)O.COc1cc([N+](=O)[O-])ccc1C(N)=O. The molecule has 0 aliphatic rings. The second-order valence-electron chi connectivity index (χ2n) is 5.06. The molecule has 0 saturated heterocycles. The number of carbonyl (C=O) groups is 2. The summed E-state index contributed by atoms with van der Waals surface area (Å²) in [6, 6.07) is 3.61. The van der Waals surface area contributed by atoms with E-state index in [0.29, 0.717) is 6.42 Å². The van der Waals surface area contributed by atoms with Gasteiger partial charge in [-0.1, -0.05) is 32.6 Å². The number of hydrogen-bond acceptors (Lipinski definition) is 5. The van der Waals surface area contributed by atoms with Crippen molar-refractivity contribution in [3.63, 3.8) is 0 Å². The van der Waals surface area contributed by atoms with Crippen molar-refractivity contribution in [1.29, 1.82) is 0 Å². The number of primary amides is 1. The van der Waals surface area contributed by atoms with Crippen LogP contribution >= 0.6 is 0 Å². The van der Waals surface area contributed by atoms with Crippen molar-refractivity contribution < 1.29 is 24.4 Å². The van der Waals surface area contributed by atoms with Crippen molar-refractivity contribution in [2.45, 2.75) is 45.4 Å². The molecule has 3 N–H and O–H groups in total. The molecular formula is C16H24N2O6. The van der Waals surface area contributed by atoms with Crippen molar-refractivity contribution in [2.24, 2.45) is 5.73 Å². The number of benzene rings is 1. The lowest BCUT2D eigenvalue weighted by Gasteiger charge is -2.03. The number of hydrogen-bond donors (Lipinski definition) is 2. The number of nitrogens with zero attached hydrogens (tertiary/aromatic N) is 1. The number of nitro benzene ring substituents is 1. The molecule has 8 heteroatoms. The number of aliphatic carboxylic acids is 1. The van der Waals surface area contributed by atoms with E-state index in [4.69, 9.17) is 15.6 Å². The highest BCUT2D eigenvalue weighted by atomic mass is 16.6. The summed E-state index contributed by atoms with van der Waals surface area (Å²) in [5.74, 6) is -1.25. The molecule has 8 nitrogen and oxygen atoms in total. The van der Waals surface area contributed by atoms with Gasteiger partial charge in [-0.05, 0) is 12.5 Å². The first-order valence-electron chi connectivity index (χ1n) is 7.67. The van der Waals surface area contributed by atoms with E-state index in [1.807, 2.05) is 0 Å². The van der Waals surface area contributed by atoms with Gasteiger partial charge in [-0.3, -0.25) is 19.7 Å². The van der Waals surface area contributed by atoms with E-state index >= 15 is 0 Å². The number of nitrogens with two attached hydrogens (primary N) is 1. The fraction of sp³-hybridized carbons (Fsp3) is 0.500. The van der Waals surface area contributed by atoms with Crippen LogP contribution < -0.4 is 10.5 Å². The van der Waals surface area contributed by atoms with Gasteiger partial charge in [0.1, 0.15) is 5.75 Å². The highest BCUT2D eigenvalue weighted by Crippen LogP contribution is 2.23. The Bertz CT molecular complexity index is 559. The van der Waals surface area contributed by atoms with E-state index in [1.54, 1.807) is 0 Å². The average Bonchev–Trinajstić information content (AvgIpc) is 2.54. The highest BCUT2D eigenvalue weighted by molar-refractivity contribution is 5.95. The summed E-state index contributed by atoms with van der Waals surface area (Å²) < 4.78 is 4.79. The number of non-ortho nitro benzene ring substituents is 1. The van der Waals surface area contributed by atoms with Crippen LogP contribution in [0.25, 0.3) is 0 Å². The van der Waals surface area contributed by atoms with Crippen LogP contribution in [0.5, 0.6) is 5.75 Å². The van der Waals surface area contributed by atoms with Gasteiger partial charge in [-0.2, -0.15) is 0 Å². The normalized spacial score (nSPS) is 9.58. The minimum absolute atomic E-state index is 0.103. The lowest BCUT2D eigenvalue weighted by atomic mass is 10.1. The van der Waals surface area contributed by atoms with Gasteiger partial charge >= 0.3 is 5.97 Å². The smallest absolute Gasteiger partial charge is 0.303 e. The lowest BCUT2D eigenvalue weighted by molar-refractivity contribution is -0.384. The predicted molar refractivity (Wildman–Crippen MR) is 89.2 cm³/mol. The lowest BCUT2D eigenvalue weighted by Crippen LogP contribution is -2.12. The molecule has 1 aromatic rings. The largest absolute Gasteiger partial charge is 0.496 e. The third-order valence-electron chi connectivity index (χ3n) is 3.16. The monoisotopic (exact) mass is 340 g/mol. The van der Waals surface area contributed by atoms with Gasteiger partial charge in [-0.15, -0.1) is 0 Å². The molecule has 0 spiro atoms. The average molecular weight is 340 g/mol. The molecule has 0 aliphatic heterocycles. The maximum absolute atomic E-state index is 10.8. The maximum atomic E-state index is 10.8. The molecule has 1 rings (SSSR count). The van der Waals surface area contributed by atoms with Crippen molar-refractivity contribution in [3.8, 4) is 5.75 Å². The maximum Gasteiger partial charge on any atom is 0.303 e. The van der Waals surface area contributed by atoms with Crippen LogP contribution in [0.2, 0.25) is 0 Å². The summed E-state index contributed by atoms with van der Waals surface area (Å²) in [7, 11) is 1.31. The van der Waals surface area contributed by atoms with Crippen LogP contribution in [-0.4, -0.2) is 29.0 Å². The van der Waals surface area contributed by atoms with E-state index in [-0.39, 0.29) is 17.0 Å². The van der Waals surface area contributed by atoms with Gasteiger partial charge < -0.3 is 15.6 Å². The number of ether oxygens (including phenoxy) is 1. The van der Waals surface area contributed by atoms with E-state index in [2.05, 4.69) is 6.92 Å². The minimum Gasteiger partial charge on any atom is -0.496 e. The van der Waals surface area contributed by atoms with Gasteiger partial charge in [0, 0.05) is 12.5 Å². The van der Waals surface area contributed by atoms with Crippen LogP contribution in [0.4, 0.5) is 5.69 Å². The van der Waals surface area contributed by atoms with E-state index in [0.717, 1.165) is 18.9 Å². The molecule has 1 amide bonds. The Labute approximate surface area is 140 Å². The zero-order valence-corrected chi connectivity index (χ0v) is 14.0. The molecule has 24 heavy (non-hydrogen) atoms. The third-order valence-corrected chi connectivity index (χ3v) is 3.16. The Balaban J connectivity index is 0.000000470. The summed E-state index contributed by atoms with van der Waals surface area (Å²) in [6.07, 6.45) is 5.88. The third kappa shape index (κ3) is 8.72. The molecule has 0 radical (unpaired) electrons. The first-order valence-corrected chi connectivity index (χ1v) is 7.67. The second kappa shape index (κ2) is 11.9. The molecule has 0 atom stereocenters. The molecule has 1 aromatic carbocycles. The number of carbonyl (C=O) groups excluding carboxylic acids is 1. The molecule has 0 bridgehead atoms. The van der Waals surface area contributed by atoms with Crippen molar-refractivity contribution in [3.05, 3.63) is 33.9 Å². The Morgan fingerprint density at radius 2 is 1.88 bits per heavy atom. The molecule has 0 aromatic heterocycles. The summed E-state index contributed by atoms with van der Waals surface area (Å²) in [5, 5.41) is 18.7. The van der Waals surface area contributed by atoms with Gasteiger partial charge in [0.05, 0.1) is 23.7 Å². The van der Waals surface area contributed by atoms with Crippen molar-refractivity contribution in [2.75, 3.05) is 7.11 Å². The predicted octanol–water partition coefficient (Wildman–Crippen LogP) is 3.13. The first kappa shape index (κ1) is 21.4. The van der Waals surface area contributed by atoms with Gasteiger partial charge in [-0.25, -0.2) is 0 Å². The Morgan fingerprint density at radius 1 is 1.25 bits per heavy atom. The number of unbranched alkanes of at least 4 members (excludes halogenated alkanes) is 4. The number of nitro groups is 1. The van der Waals surface area contributed by atoms with Crippen LogP contribution in [0.15, 0.2) is 18.2 Å². The summed E-state index contributed by atoms with van der Waals surface area (Å²) in [6.45, 7) is 2.15. The zero-order valence-electron chi connectivity index (χ0n) is 14.0. The Hall–Kier alpha value is -2.64. The van der Waals surface area contributed by atoms with E-state index in [9.17, 15) is 19.7 Å². The summed E-state index contributed by atoms with van der Waals surface area (Å²) in [5.41, 5.74) is 5.00. The molecule has 134 valence electrons. The van der Waals surface area contributed by atoms with Crippen molar-refractivity contribution in [1.82, 2.24) is 0 Å². The number of methoxy groups -OCH3 is 1. The quantitative estimate of drug-likeness (QED) is 0.403. The molecule has 0 heterocycles. The first-order chi connectivity index (χ1) is 11.3. The fourth-order valence-corrected chi connectivity index (χ4v) is 1.88. The number of carboxylic acid groups (broad SMARTS) is 1. The minimum atomic E-state index is -0.684. The Kier molecular flexibility index (Phi) is 10.6. The van der Waals surface area contributed by atoms with E-state index < -0.39 is 16.8 Å². The van der Waals surface area contributed by atoms with Crippen LogP contribution in [0, 0.1) is 10.1 Å². The Morgan fingerprint density at radius 3 is 2.33 bits per heavy atom. The molecule has 0 saturated carbocycles. The topological polar surface area (TPSA) is 133 Å². The second-order valence-corrected chi connectivity index (χ2v) is 5.06. The molecular weight excluding hydrogens is 316 g/mol. The van der Waals surface area contributed by atoms with Crippen LogP contribution in [0.1, 0.15) is 55.8 Å². The standard InChI is InChI=1S/C8H8N2O4.C8H16O2/c1-14-7-4-5(10(12)13)2-3-6(7)8(9)11;1-2-3-4-5-6-7-8(9)10/h2-4H,1H3,(H2,9,11);2-7H2,1H3,(H,9,10). The molecule has 0 aliphatic carbocycles. The number of carboxylic acids is 1. The molecule has 0 fully saturated rings. The molecule has 0 unspecified atom stereocenters. The summed E-state index contributed by atoms with van der Waals surface area (Å²) in [4.78, 5) is 30.7. The van der Waals surface area contributed by atoms with Crippen molar-refractivity contribution >= 4 is 17.6 Å². The van der Waals surface area contributed by atoms with E-state index in [1.165, 1.54) is 38.5 Å².